The number of nitrogens with zero attached hydrogens (tertiary/aromatic N) is 1. The van der Waals surface area contributed by atoms with Gasteiger partial charge < -0.3 is 34.4 Å². The van der Waals surface area contributed by atoms with Gasteiger partial charge in [0.05, 0.1) is 52.7 Å². The van der Waals surface area contributed by atoms with Gasteiger partial charge in [-0.15, -0.1) is 10.1 Å². The van der Waals surface area contributed by atoms with Crippen LogP contribution in [0.2, 0.25) is 0 Å². The molecule has 0 unspecified atom stereocenters. The molecule has 1 aliphatic carbocycles. The molecule has 2 aromatic carbocycles. The fraction of sp³-hybridized carbons (Fsp3) is 0.483. The third-order valence-corrected chi connectivity index (χ3v) is 6.95. The molecule has 0 radical (unpaired) electrons. The topological polar surface area (TPSA) is 165 Å². The number of hydrogen-bond donors (Lipinski definition) is 2. The Labute approximate surface area is 243 Å². The first-order chi connectivity index (χ1) is 20.2. The van der Waals surface area contributed by atoms with Gasteiger partial charge in [0.1, 0.15) is 0 Å². The van der Waals surface area contributed by atoms with Crippen molar-refractivity contribution in [3.05, 3.63) is 55.7 Å². The van der Waals surface area contributed by atoms with Crippen molar-refractivity contribution >= 4 is 17.6 Å². The summed E-state index contributed by atoms with van der Waals surface area (Å²) in [5.74, 6) is 0.495. The third kappa shape index (κ3) is 8.02. The molecule has 1 amide bonds. The van der Waals surface area contributed by atoms with E-state index in [1.165, 1.54) is 20.3 Å². The lowest BCUT2D eigenvalue weighted by atomic mass is 9.95. The number of fused-ring (bicyclic) bond motifs is 3. The van der Waals surface area contributed by atoms with Crippen LogP contribution < -0.4 is 30.3 Å². The summed E-state index contributed by atoms with van der Waals surface area (Å²) >= 11 is 0. The lowest BCUT2D eigenvalue weighted by molar-refractivity contribution is -0.757. The maximum atomic E-state index is 13.0. The van der Waals surface area contributed by atoms with Gasteiger partial charge in [-0.05, 0) is 67.0 Å². The lowest BCUT2D eigenvalue weighted by Gasteiger charge is -2.20. The van der Waals surface area contributed by atoms with Crippen molar-refractivity contribution in [3.8, 4) is 28.4 Å². The van der Waals surface area contributed by atoms with Crippen molar-refractivity contribution < 1.29 is 38.5 Å². The number of esters is 1. The summed E-state index contributed by atoms with van der Waals surface area (Å²) in [5.41, 5.74) is 3.11. The van der Waals surface area contributed by atoms with Crippen LogP contribution in [0.15, 0.2) is 29.1 Å². The van der Waals surface area contributed by atoms with Gasteiger partial charge in [-0.25, -0.2) is 0 Å². The number of benzene rings is 1. The molecule has 13 heteroatoms. The standard InChI is InChI=1S/C29H37N3O10/c1-30-22-11-9-19-20(17-23(22)33)21(10-8-18-16-24(38-2)28(39-3)29(40-4)27(18)19)31-25(34)12-13-26(35)41-14-6-5-7-15-42-32(36)37/h9,11,16-17,21H,5-8,10,12-15H2,1-4H3,(H,30,33)(H,31,34)/t21-/m0/s1. The highest BCUT2D eigenvalue weighted by atomic mass is 16.9. The van der Waals surface area contributed by atoms with Crippen LogP contribution in [0.4, 0.5) is 5.69 Å². The zero-order valence-corrected chi connectivity index (χ0v) is 24.3. The summed E-state index contributed by atoms with van der Waals surface area (Å²) < 4.78 is 22.1. The minimum atomic E-state index is -0.845. The van der Waals surface area contributed by atoms with Gasteiger partial charge in [-0.3, -0.25) is 14.4 Å². The van der Waals surface area contributed by atoms with Crippen LogP contribution in [0.3, 0.4) is 0 Å². The van der Waals surface area contributed by atoms with Gasteiger partial charge in [0.25, 0.3) is 5.09 Å². The number of carbonyl (C=O) groups excluding carboxylic acids is 2. The van der Waals surface area contributed by atoms with Gasteiger partial charge >= 0.3 is 5.97 Å². The van der Waals surface area contributed by atoms with E-state index < -0.39 is 17.1 Å². The van der Waals surface area contributed by atoms with E-state index in [2.05, 4.69) is 15.5 Å². The molecule has 42 heavy (non-hydrogen) atoms. The highest BCUT2D eigenvalue weighted by Crippen LogP contribution is 2.50. The predicted octanol–water partition coefficient (Wildman–Crippen LogP) is 3.59. The zero-order valence-electron chi connectivity index (χ0n) is 24.3. The van der Waals surface area contributed by atoms with Crippen LogP contribution >= 0.6 is 0 Å². The second kappa shape index (κ2) is 15.5. The maximum Gasteiger partial charge on any atom is 0.306 e. The highest BCUT2D eigenvalue weighted by Gasteiger charge is 2.29. The summed E-state index contributed by atoms with van der Waals surface area (Å²) in [7, 11) is 6.26. The molecule has 1 aliphatic rings. The molecule has 1 atom stereocenters. The molecule has 0 fully saturated rings. The van der Waals surface area contributed by atoms with Crippen LogP contribution in [-0.2, 0) is 25.6 Å². The number of anilines is 1. The van der Waals surface area contributed by atoms with E-state index in [9.17, 15) is 24.5 Å². The Kier molecular flexibility index (Phi) is 11.8. The van der Waals surface area contributed by atoms with Crippen molar-refractivity contribution in [2.45, 2.75) is 51.0 Å². The molecule has 0 saturated heterocycles. The Morgan fingerprint density at radius 1 is 1.00 bits per heavy atom. The average Bonchev–Trinajstić information content (AvgIpc) is 3.22. The molecule has 0 heterocycles. The van der Waals surface area contributed by atoms with Gasteiger partial charge in [-0.1, -0.05) is 6.07 Å². The number of amides is 1. The van der Waals surface area contributed by atoms with Crippen LogP contribution in [-0.4, -0.2) is 58.6 Å². The van der Waals surface area contributed by atoms with E-state index in [0.29, 0.717) is 66.2 Å². The number of aryl methyl sites for hydroxylation is 1. The first-order valence-corrected chi connectivity index (χ1v) is 13.6. The van der Waals surface area contributed by atoms with Crippen LogP contribution in [0.1, 0.15) is 55.7 Å². The number of unbranched alkanes of at least 4 members (excludes halogenated alkanes) is 2. The van der Waals surface area contributed by atoms with Crippen molar-refractivity contribution in [1.82, 2.24) is 5.32 Å². The quantitative estimate of drug-likeness (QED) is 0.135. The van der Waals surface area contributed by atoms with Crippen LogP contribution in [0.25, 0.3) is 11.1 Å². The molecule has 0 spiro atoms. The molecule has 0 aromatic heterocycles. The summed E-state index contributed by atoms with van der Waals surface area (Å²) in [5, 5.41) is 15.2. The van der Waals surface area contributed by atoms with E-state index in [0.717, 1.165) is 11.1 Å². The van der Waals surface area contributed by atoms with Crippen molar-refractivity contribution in [1.29, 1.82) is 0 Å². The Bertz CT molecular complexity index is 1350. The monoisotopic (exact) mass is 587 g/mol. The molecule has 0 saturated carbocycles. The number of nitrogens with one attached hydrogen (secondary N) is 2. The number of ether oxygens (including phenoxy) is 4. The van der Waals surface area contributed by atoms with Crippen LogP contribution in [0.5, 0.6) is 17.2 Å². The lowest BCUT2D eigenvalue weighted by Crippen LogP contribution is -2.29. The summed E-state index contributed by atoms with van der Waals surface area (Å²) in [6.07, 6.45) is 2.41. The zero-order chi connectivity index (χ0) is 30.6. The van der Waals surface area contributed by atoms with Gasteiger partial charge in [0.15, 0.2) is 11.5 Å². The van der Waals surface area contributed by atoms with Gasteiger partial charge in [-0.2, -0.15) is 0 Å². The first-order valence-electron chi connectivity index (χ1n) is 13.6. The van der Waals surface area contributed by atoms with E-state index in [4.69, 9.17) is 18.9 Å². The van der Waals surface area contributed by atoms with Gasteiger partial charge in [0.2, 0.25) is 17.1 Å². The summed E-state index contributed by atoms with van der Waals surface area (Å²) in [4.78, 5) is 52.6. The smallest absolute Gasteiger partial charge is 0.306 e. The molecule has 2 N–H and O–H groups in total. The molecular weight excluding hydrogens is 550 g/mol. The molecular formula is C29H37N3O10. The van der Waals surface area contributed by atoms with E-state index in [1.54, 1.807) is 20.2 Å². The van der Waals surface area contributed by atoms with Gasteiger partial charge in [0, 0.05) is 19.0 Å². The maximum absolute atomic E-state index is 13.0. The summed E-state index contributed by atoms with van der Waals surface area (Å²) in [6, 6.07) is 6.38. The Hall–Kier alpha value is -4.55. The average molecular weight is 588 g/mol. The Morgan fingerprint density at radius 3 is 2.40 bits per heavy atom. The summed E-state index contributed by atoms with van der Waals surface area (Å²) in [6.45, 7) is 0.144. The van der Waals surface area contributed by atoms with Crippen molar-refractivity contribution in [3.63, 3.8) is 0 Å². The first kappa shape index (κ1) is 32.0. The third-order valence-electron chi connectivity index (χ3n) is 6.95. The van der Waals surface area contributed by atoms with Crippen molar-refractivity contribution in [2.75, 3.05) is 46.9 Å². The fourth-order valence-electron chi connectivity index (χ4n) is 4.93. The molecule has 228 valence electrons. The molecule has 0 aliphatic heterocycles. The number of rotatable bonds is 15. The Balaban J connectivity index is 1.77. The Morgan fingerprint density at radius 2 is 1.74 bits per heavy atom. The van der Waals surface area contributed by atoms with E-state index in [1.807, 2.05) is 12.1 Å². The number of methoxy groups -OCH3 is 3. The van der Waals surface area contributed by atoms with E-state index >= 15 is 0 Å². The largest absolute Gasteiger partial charge is 0.493 e. The number of carbonyl (C=O) groups is 2. The molecule has 3 rings (SSSR count). The second-order valence-corrected chi connectivity index (χ2v) is 9.55. The number of hydrogen-bond acceptors (Lipinski definition) is 11. The normalized spacial score (nSPS) is 13.5. The fourth-order valence-corrected chi connectivity index (χ4v) is 4.93. The van der Waals surface area contributed by atoms with E-state index in [-0.39, 0.29) is 37.4 Å². The van der Waals surface area contributed by atoms with Crippen LogP contribution in [0, 0.1) is 10.1 Å². The predicted molar refractivity (Wildman–Crippen MR) is 154 cm³/mol. The minimum Gasteiger partial charge on any atom is -0.493 e. The molecule has 0 bridgehead atoms. The SMILES string of the molecule is CNc1ccc2c(cc1=O)[C@@H](NC(=O)CCC(=O)OCCCCCO[N+](=O)[O-])CCc1cc(OC)c(OC)c(OC)c1-2. The molecule has 2 aromatic rings. The molecule has 13 nitrogen and oxygen atoms in total. The second-order valence-electron chi connectivity index (χ2n) is 9.55. The minimum absolute atomic E-state index is 0.00744. The van der Waals surface area contributed by atoms with Crippen molar-refractivity contribution in [2.24, 2.45) is 0 Å². The highest BCUT2D eigenvalue weighted by molar-refractivity contribution is 5.85.